The molecular formula is C9H9ClN2O2. The summed E-state index contributed by atoms with van der Waals surface area (Å²) in [6.45, 7) is 0.943. The predicted octanol–water partition coefficient (Wildman–Crippen LogP) is 1.77. The van der Waals surface area contributed by atoms with Gasteiger partial charge in [-0.1, -0.05) is 11.6 Å². The van der Waals surface area contributed by atoms with Gasteiger partial charge in [0.05, 0.1) is 0 Å². The van der Waals surface area contributed by atoms with Crippen molar-refractivity contribution in [3.63, 3.8) is 0 Å². The third-order valence-corrected chi connectivity index (χ3v) is 2.54. The molecule has 0 fully saturated rings. The van der Waals surface area contributed by atoms with Crippen LogP contribution in [0, 0.1) is 0 Å². The van der Waals surface area contributed by atoms with Crippen LogP contribution < -0.4 is 0 Å². The number of fused-ring (bicyclic) bond motifs is 1. The van der Waals surface area contributed by atoms with E-state index in [1.54, 1.807) is 12.3 Å². The van der Waals surface area contributed by atoms with Gasteiger partial charge in [-0.3, -0.25) is 0 Å². The highest BCUT2D eigenvalue weighted by molar-refractivity contribution is 6.29. The minimum atomic E-state index is -0.886. The molecule has 1 aliphatic heterocycles. The first-order chi connectivity index (χ1) is 6.66. The summed E-state index contributed by atoms with van der Waals surface area (Å²) in [5.74, 6) is 0. The number of aromatic nitrogens is 1. The van der Waals surface area contributed by atoms with Crippen LogP contribution in [-0.2, 0) is 13.0 Å². The molecule has 0 radical (unpaired) electrons. The second kappa shape index (κ2) is 3.46. The minimum Gasteiger partial charge on any atom is -0.465 e. The van der Waals surface area contributed by atoms with E-state index >= 15 is 0 Å². The molecule has 0 bridgehead atoms. The monoisotopic (exact) mass is 212 g/mol. The fraction of sp³-hybridized carbons (Fsp3) is 0.333. The fourth-order valence-electron chi connectivity index (χ4n) is 1.57. The molecule has 1 amide bonds. The van der Waals surface area contributed by atoms with E-state index in [-0.39, 0.29) is 0 Å². The van der Waals surface area contributed by atoms with Crippen LogP contribution in [0.25, 0.3) is 0 Å². The Balaban J connectivity index is 2.29. The molecule has 4 nitrogen and oxygen atoms in total. The third-order valence-electron chi connectivity index (χ3n) is 2.33. The van der Waals surface area contributed by atoms with Crippen molar-refractivity contribution in [1.82, 2.24) is 9.88 Å². The molecule has 14 heavy (non-hydrogen) atoms. The van der Waals surface area contributed by atoms with Crippen molar-refractivity contribution >= 4 is 17.7 Å². The normalized spacial score (nSPS) is 15.1. The first-order valence-corrected chi connectivity index (χ1v) is 4.66. The zero-order chi connectivity index (χ0) is 10.1. The molecule has 5 heteroatoms. The lowest BCUT2D eigenvalue weighted by Crippen LogP contribution is -2.34. The maximum atomic E-state index is 10.7. The molecule has 0 spiro atoms. The van der Waals surface area contributed by atoms with Crippen LogP contribution in [0.5, 0.6) is 0 Å². The van der Waals surface area contributed by atoms with Crippen LogP contribution in [0.1, 0.15) is 11.1 Å². The molecule has 74 valence electrons. The lowest BCUT2D eigenvalue weighted by atomic mass is 10.0. The molecule has 1 aliphatic rings. The zero-order valence-corrected chi connectivity index (χ0v) is 8.16. The lowest BCUT2D eigenvalue weighted by Gasteiger charge is -2.25. The number of carbonyl (C=O) groups is 1. The molecule has 0 saturated heterocycles. The van der Waals surface area contributed by atoms with Crippen LogP contribution in [0.15, 0.2) is 12.3 Å². The second-order valence-corrected chi connectivity index (χ2v) is 3.62. The number of halogens is 1. The standard InChI is InChI=1S/C9H9ClN2O2/c10-8-3-7-5-12(9(13)14)2-1-6(7)4-11-8/h3-4H,1-2,5H2,(H,13,14). The van der Waals surface area contributed by atoms with Crippen LogP contribution in [-0.4, -0.2) is 27.6 Å². The summed E-state index contributed by atoms with van der Waals surface area (Å²) in [6, 6.07) is 1.73. The highest BCUT2D eigenvalue weighted by Gasteiger charge is 2.20. The maximum Gasteiger partial charge on any atom is 0.407 e. The van der Waals surface area contributed by atoms with E-state index in [4.69, 9.17) is 16.7 Å². The summed E-state index contributed by atoms with van der Waals surface area (Å²) < 4.78 is 0. The Labute approximate surface area is 86.1 Å². The molecule has 0 saturated carbocycles. The van der Waals surface area contributed by atoms with Crippen LogP contribution >= 0.6 is 11.6 Å². The molecule has 0 atom stereocenters. The third kappa shape index (κ3) is 1.65. The molecule has 0 aromatic carbocycles. The number of hydrogen-bond acceptors (Lipinski definition) is 2. The quantitative estimate of drug-likeness (QED) is 0.667. The van der Waals surface area contributed by atoms with Gasteiger partial charge in [0.15, 0.2) is 0 Å². The highest BCUT2D eigenvalue weighted by atomic mass is 35.5. The first-order valence-electron chi connectivity index (χ1n) is 4.28. The van der Waals surface area contributed by atoms with Gasteiger partial charge in [-0.15, -0.1) is 0 Å². The second-order valence-electron chi connectivity index (χ2n) is 3.23. The van der Waals surface area contributed by atoms with Gasteiger partial charge in [0, 0.05) is 19.3 Å². The van der Waals surface area contributed by atoms with Crippen LogP contribution in [0.3, 0.4) is 0 Å². The Kier molecular flexibility index (Phi) is 2.29. The Hall–Kier alpha value is -1.29. The number of amides is 1. The van der Waals surface area contributed by atoms with Crippen molar-refractivity contribution < 1.29 is 9.90 Å². The Morgan fingerprint density at radius 1 is 1.57 bits per heavy atom. The predicted molar refractivity (Wildman–Crippen MR) is 51.4 cm³/mol. The minimum absolute atomic E-state index is 0.410. The van der Waals surface area contributed by atoms with E-state index < -0.39 is 6.09 Å². The van der Waals surface area contributed by atoms with Crippen LogP contribution in [0.4, 0.5) is 4.79 Å². The van der Waals surface area contributed by atoms with Crippen molar-refractivity contribution in [3.8, 4) is 0 Å². The van der Waals surface area contributed by atoms with Gasteiger partial charge >= 0.3 is 6.09 Å². The van der Waals surface area contributed by atoms with Crippen molar-refractivity contribution in [2.24, 2.45) is 0 Å². The Bertz CT molecular complexity index is 381. The summed E-state index contributed by atoms with van der Waals surface area (Å²) in [7, 11) is 0. The SMILES string of the molecule is O=C(O)N1CCc2cnc(Cl)cc2C1. The van der Waals surface area contributed by atoms with Gasteiger partial charge in [0.2, 0.25) is 0 Å². The number of hydrogen-bond donors (Lipinski definition) is 1. The Morgan fingerprint density at radius 3 is 3.07 bits per heavy atom. The molecule has 0 unspecified atom stereocenters. The largest absolute Gasteiger partial charge is 0.465 e. The number of pyridine rings is 1. The van der Waals surface area contributed by atoms with Gasteiger partial charge in [-0.05, 0) is 23.6 Å². The Morgan fingerprint density at radius 2 is 2.36 bits per heavy atom. The van der Waals surface area contributed by atoms with Crippen molar-refractivity contribution in [2.45, 2.75) is 13.0 Å². The first kappa shape index (κ1) is 9.27. The number of rotatable bonds is 0. The maximum absolute atomic E-state index is 10.7. The summed E-state index contributed by atoms with van der Waals surface area (Å²) in [4.78, 5) is 16.1. The topological polar surface area (TPSA) is 53.4 Å². The number of nitrogens with zero attached hydrogens (tertiary/aromatic N) is 2. The van der Waals surface area contributed by atoms with E-state index in [2.05, 4.69) is 4.98 Å². The van der Waals surface area contributed by atoms with E-state index in [0.29, 0.717) is 24.7 Å². The van der Waals surface area contributed by atoms with Gasteiger partial charge in [-0.25, -0.2) is 9.78 Å². The van der Waals surface area contributed by atoms with E-state index in [0.717, 1.165) is 11.1 Å². The van der Waals surface area contributed by atoms with Gasteiger partial charge in [-0.2, -0.15) is 0 Å². The molecular weight excluding hydrogens is 204 g/mol. The van der Waals surface area contributed by atoms with Crippen molar-refractivity contribution in [2.75, 3.05) is 6.54 Å². The van der Waals surface area contributed by atoms with Crippen LogP contribution in [0.2, 0.25) is 5.15 Å². The van der Waals surface area contributed by atoms with Gasteiger partial charge < -0.3 is 10.0 Å². The number of carboxylic acid groups (broad SMARTS) is 1. The van der Waals surface area contributed by atoms with Gasteiger partial charge in [0.1, 0.15) is 5.15 Å². The van der Waals surface area contributed by atoms with E-state index in [1.807, 2.05) is 0 Å². The zero-order valence-electron chi connectivity index (χ0n) is 7.40. The summed E-state index contributed by atoms with van der Waals surface area (Å²) in [6.07, 6.45) is 1.55. The average molecular weight is 213 g/mol. The summed E-state index contributed by atoms with van der Waals surface area (Å²) >= 11 is 5.73. The van der Waals surface area contributed by atoms with E-state index in [1.165, 1.54) is 4.90 Å². The molecule has 2 heterocycles. The smallest absolute Gasteiger partial charge is 0.407 e. The van der Waals surface area contributed by atoms with E-state index in [9.17, 15) is 4.79 Å². The summed E-state index contributed by atoms with van der Waals surface area (Å²) in [5.41, 5.74) is 2.05. The van der Waals surface area contributed by atoms with Gasteiger partial charge in [0.25, 0.3) is 0 Å². The molecule has 1 aromatic rings. The molecule has 1 N–H and O–H groups in total. The molecule has 0 aliphatic carbocycles. The fourth-order valence-corrected chi connectivity index (χ4v) is 1.75. The lowest BCUT2D eigenvalue weighted by molar-refractivity contribution is 0.140. The van der Waals surface area contributed by atoms with Crippen molar-refractivity contribution in [3.05, 3.63) is 28.5 Å². The van der Waals surface area contributed by atoms with Crippen molar-refractivity contribution in [1.29, 1.82) is 0 Å². The highest BCUT2D eigenvalue weighted by Crippen LogP contribution is 2.20. The summed E-state index contributed by atoms with van der Waals surface area (Å²) in [5, 5.41) is 9.22. The molecule has 1 aromatic heterocycles. The average Bonchev–Trinajstić information content (AvgIpc) is 2.16. The molecule has 2 rings (SSSR count).